The van der Waals surface area contributed by atoms with E-state index in [0.717, 1.165) is 20.1 Å². The summed E-state index contributed by atoms with van der Waals surface area (Å²) >= 11 is 0. The van der Waals surface area contributed by atoms with Crippen molar-refractivity contribution in [3.05, 3.63) is 59.7 Å². The van der Waals surface area contributed by atoms with E-state index in [-0.39, 0.29) is 0 Å². The molecule has 0 aliphatic rings. The number of hydrogen-bond donors (Lipinski definition) is 0. The molecule has 2 rings (SSSR count). The number of benzene rings is 2. The molecule has 2 heteroatoms. The molecule has 0 nitrogen and oxygen atoms in total. The Morgan fingerprint density at radius 3 is 2.18 bits per heavy atom. The average Bonchev–Trinajstić information content (AvgIpc) is 2.38. The van der Waals surface area contributed by atoms with Crippen molar-refractivity contribution >= 4 is 26.1 Å². The summed E-state index contributed by atoms with van der Waals surface area (Å²) in [7, 11) is 3.32. The first-order valence-electron chi connectivity index (χ1n) is 6.42. The van der Waals surface area contributed by atoms with Crippen molar-refractivity contribution in [1.29, 1.82) is 0 Å². The van der Waals surface area contributed by atoms with Crippen LogP contribution in [0.3, 0.4) is 0 Å². The molecule has 0 unspecified atom stereocenters. The molecule has 0 aliphatic heterocycles. The third kappa shape index (κ3) is 3.03. The van der Waals surface area contributed by atoms with Crippen LogP contribution in [-0.4, -0.2) is 15.1 Å². The van der Waals surface area contributed by atoms with Crippen molar-refractivity contribution in [3.63, 3.8) is 0 Å². The highest BCUT2D eigenvalue weighted by atomic mass is 14.0. The van der Waals surface area contributed by atoms with Crippen LogP contribution in [0.25, 0.3) is 0 Å². The number of rotatable bonds is 4. The smallest absolute Gasteiger partial charge is 0.0858 e. The minimum atomic E-state index is 1.13. The summed E-state index contributed by atoms with van der Waals surface area (Å²) in [6.07, 6.45) is 2.29. The van der Waals surface area contributed by atoms with E-state index in [1.165, 1.54) is 22.1 Å². The lowest BCUT2D eigenvalue weighted by Crippen LogP contribution is -2.18. The lowest BCUT2D eigenvalue weighted by molar-refractivity contribution is 0.973. The molecule has 0 saturated carbocycles. The van der Waals surface area contributed by atoms with E-state index in [2.05, 4.69) is 63.2 Å². The first kappa shape index (κ1) is 12.0. The number of hydrogen-bond acceptors (Lipinski definition) is 0. The fourth-order valence-corrected chi connectivity index (χ4v) is 2.31. The quantitative estimate of drug-likeness (QED) is 0.669. The highest BCUT2D eigenvalue weighted by molar-refractivity contribution is 6.52. The maximum Gasteiger partial charge on any atom is 0.154 e. The lowest BCUT2D eigenvalue weighted by atomic mass is 9.70. The predicted molar refractivity (Wildman–Crippen MR) is 81.1 cm³/mol. The largest absolute Gasteiger partial charge is 0.154 e. The van der Waals surface area contributed by atoms with E-state index < -0.39 is 0 Å². The standard InChI is InChI=1S/C15H18B2/c1-17-15-9-5-3-7-13(15)11-10-12-6-2-4-8-14(12)16/h2-9,17H,10-11,16H2,1H3. The van der Waals surface area contributed by atoms with E-state index in [4.69, 9.17) is 0 Å². The van der Waals surface area contributed by atoms with Gasteiger partial charge in [-0.2, -0.15) is 0 Å². The maximum absolute atomic E-state index is 2.26. The Bertz CT molecular complexity index is 492. The fourth-order valence-electron chi connectivity index (χ4n) is 2.31. The van der Waals surface area contributed by atoms with Gasteiger partial charge in [0, 0.05) is 0 Å². The van der Waals surface area contributed by atoms with Gasteiger partial charge in [0.25, 0.3) is 0 Å². The van der Waals surface area contributed by atoms with Crippen LogP contribution in [-0.2, 0) is 12.8 Å². The van der Waals surface area contributed by atoms with Crippen LogP contribution < -0.4 is 10.9 Å². The second-order valence-electron chi connectivity index (χ2n) is 4.55. The van der Waals surface area contributed by atoms with Gasteiger partial charge in [-0.25, -0.2) is 0 Å². The van der Waals surface area contributed by atoms with Crippen molar-refractivity contribution in [2.24, 2.45) is 0 Å². The minimum absolute atomic E-state index is 1.13. The molecule has 2 aromatic rings. The lowest BCUT2D eigenvalue weighted by Gasteiger charge is -2.09. The summed E-state index contributed by atoms with van der Waals surface area (Å²) in [4.78, 5) is 0. The van der Waals surface area contributed by atoms with E-state index in [9.17, 15) is 0 Å². The van der Waals surface area contributed by atoms with Crippen LogP contribution in [0.15, 0.2) is 48.5 Å². The van der Waals surface area contributed by atoms with Gasteiger partial charge in [-0.3, -0.25) is 0 Å². The monoisotopic (exact) mass is 220 g/mol. The Hall–Kier alpha value is -1.43. The van der Waals surface area contributed by atoms with Crippen LogP contribution >= 0.6 is 0 Å². The normalized spacial score (nSPS) is 10.2. The summed E-state index contributed by atoms with van der Waals surface area (Å²) in [5.41, 5.74) is 5.86. The molecule has 0 amide bonds. The van der Waals surface area contributed by atoms with E-state index >= 15 is 0 Å². The molecule has 0 spiro atoms. The Morgan fingerprint density at radius 2 is 1.47 bits per heavy atom. The van der Waals surface area contributed by atoms with Gasteiger partial charge in [0.2, 0.25) is 0 Å². The zero-order valence-electron chi connectivity index (χ0n) is 10.7. The Balaban J connectivity index is 2.10. The zero-order chi connectivity index (χ0) is 12.1. The highest BCUT2D eigenvalue weighted by Gasteiger charge is 2.02. The fraction of sp³-hybridized carbons (Fsp3) is 0.200. The van der Waals surface area contributed by atoms with E-state index in [1.807, 2.05) is 0 Å². The molecule has 0 atom stereocenters. The predicted octanol–water partition coefficient (Wildman–Crippen LogP) is 0.840. The second kappa shape index (κ2) is 5.77. The Labute approximate surface area is 106 Å². The number of aryl methyl sites for hydroxylation is 2. The van der Waals surface area contributed by atoms with Gasteiger partial charge in [0.1, 0.15) is 7.85 Å². The molecule has 17 heavy (non-hydrogen) atoms. The van der Waals surface area contributed by atoms with Crippen molar-refractivity contribution in [2.75, 3.05) is 0 Å². The second-order valence-corrected chi connectivity index (χ2v) is 4.55. The topological polar surface area (TPSA) is 0 Å². The van der Waals surface area contributed by atoms with Gasteiger partial charge in [-0.1, -0.05) is 77.4 Å². The molecule has 2 aromatic carbocycles. The average molecular weight is 220 g/mol. The summed E-state index contributed by atoms with van der Waals surface area (Å²) in [6, 6.07) is 17.5. The molecule has 0 radical (unpaired) electrons. The van der Waals surface area contributed by atoms with Crippen LogP contribution in [0.5, 0.6) is 0 Å². The minimum Gasteiger partial charge on any atom is -0.0858 e. The third-order valence-electron chi connectivity index (χ3n) is 3.42. The van der Waals surface area contributed by atoms with Crippen LogP contribution in [0.1, 0.15) is 11.1 Å². The van der Waals surface area contributed by atoms with Gasteiger partial charge >= 0.3 is 0 Å². The summed E-state index contributed by atoms with van der Waals surface area (Å²) in [5, 5.41) is 0. The summed E-state index contributed by atoms with van der Waals surface area (Å²) in [6.45, 7) is 2.23. The van der Waals surface area contributed by atoms with Gasteiger partial charge in [-0.05, 0) is 12.8 Å². The van der Waals surface area contributed by atoms with Gasteiger partial charge in [0.15, 0.2) is 7.28 Å². The molecule has 0 aromatic heterocycles. The first-order chi connectivity index (χ1) is 8.31. The SMILES string of the molecule is Bc1ccccc1CCc1ccccc1BC. The zero-order valence-corrected chi connectivity index (χ0v) is 10.7. The molecular formula is C15H18B2. The van der Waals surface area contributed by atoms with E-state index in [1.54, 1.807) is 0 Å². The summed E-state index contributed by atoms with van der Waals surface area (Å²) in [5.74, 6) is 0. The van der Waals surface area contributed by atoms with Gasteiger partial charge in [-0.15, -0.1) is 0 Å². The van der Waals surface area contributed by atoms with Gasteiger partial charge < -0.3 is 0 Å². The van der Waals surface area contributed by atoms with Crippen LogP contribution in [0.4, 0.5) is 0 Å². The third-order valence-corrected chi connectivity index (χ3v) is 3.42. The first-order valence-corrected chi connectivity index (χ1v) is 6.42. The molecular weight excluding hydrogens is 202 g/mol. The van der Waals surface area contributed by atoms with Crippen LogP contribution in [0, 0.1) is 0 Å². The van der Waals surface area contributed by atoms with Crippen molar-refractivity contribution in [2.45, 2.75) is 19.7 Å². The molecule has 0 aliphatic carbocycles. The molecule has 0 bridgehead atoms. The Morgan fingerprint density at radius 1 is 0.882 bits per heavy atom. The molecule has 0 heterocycles. The molecule has 0 fully saturated rings. The molecule has 0 N–H and O–H groups in total. The summed E-state index contributed by atoms with van der Waals surface area (Å²) < 4.78 is 0. The Kier molecular flexibility index (Phi) is 4.08. The van der Waals surface area contributed by atoms with Crippen molar-refractivity contribution in [1.82, 2.24) is 0 Å². The van der Waals surface area contributed by atoms with Gasteiger partial charge in [0.05, 0.1) is 0 Å². The maximum atomic E-state index is 2.26. The van der Waals surface area contributed by atoms with Crippen molar-refractivity contribution < 1.29 is 0 Å². The van der Waals surface area contributed by atoms with Crippen LogP contribution in [0.2, 0.25) is 6.82 Å². The highest BCUT2D eigenvalue weighted by Crippen LogP contribution is 2.04. The van der Waals surface area contributed by atoms with E-state index in [0.29, 0.717) is 0 Å². The van der Waals surface area contributed by atoms with Crippen molar-refractivity contribution in [3.8, 4) is 0 Å². The molecule has 0 saturated heterocycles. The molecule has 84 valence electrons.